The third-order valence-electron chi connectivity index (χ3n) is 2.33. The first-order chi connectivity index (χ1) is 6.75. The Kier molecular flexibility index (Phi) is 3.00. The summed E-state index contributed by atoms with van der Waals surface area (Å²) in [5.74, 6) is 0.842. The van der Waals surface area contributed by atoms with Gasteiger partial charge in [0.1, 0.15) is 0 Å². The van der Waals surface area contributed by atoms with Gasteiger partial charge in [0.15, 0.2) is 0 Å². The van der Waals surface area contributed by atoms with Crippen LogP contribution in [0.5, 0.6) is 0 Å². The van der Waals surface area contributed by atoms with Crippen LogP contribution in [0.25, 0.3) is 0 Å². The molecular formula is C10H12IN3. The van der Waals surface area contributed by atoms with Gasteiger partial charge in [-0.2, -0.15) is 0 Å². The van der Waals surface area contributed by atoms with E-state index in [9.17, 15) is 0 Å². The SMILES string of the molecule is CC1=CCN(c2ncc(I)cn2)CC1. The maximum absolute atomic E-state index is 4.31. The van der Waals surface area contributed by atoms with Crippen LogP contribution in [0.1, 0.15) is 13.3 Å². The van der Waals surface area contributed by atoms with Crippen molar-refractivity contribution in [3.63, 3.8) is 0 Å². The number of anilines is 1. The molecule has 0 spiro atoms. The summed E-state index contributed by atoms with van der Waals surface area (Å²) in [6.45, 7) is 4.14. The Morgan fingerprint density at radius 2 is 2.07 bits per heavy atom. The van der Waals surface area contributed by atoms with Gasteiger partial charge in [-0.05, 0) is 35.9 Å². The van der Waals surface area contributed by atoms with Crippen molar-refractivity contribution in [3.05, 3.63) is 27.6 Å². The van der Waals surface area contributed by atoms with Crippen LogP contribution < -0.4 is 4.90 Å². The summed E-state index contributed by atoms with van der Waals surface area (Å²) in [6, 6.07) is 0. The Morgan fingerprint density at radius 3 is 2.64 bits per heavy atom. The number of hydrogen-bond donors (Lipinski definition) is 0. The number of hydrogen-bond acceptors (Lipinski definition) is 3. The lowest BCUT2D eigenvalue weighted by atomic mass is 10.1. The Morgan fingerprint density at radius 1 is 1.36 bits per heavy atom. The number of aromatic nitrogens is 2. The molecule has 0 bridgehead atoms. The molecule has 0 N–H and O–H groups in total. The second-order valence-electron chi connectivity index (χ2n) is 3.45. The third kappa shape index (κ3) is 2.23. The van der Waals surface area contributed by atoms with Gasteiger partial charge in [0, 0.05) is 29.1 Å². The number of rotatable bonds is 1. The van der Waals surface area contributed by atoms with Gasteiger partial charge in [-0.25, -0.2) is 9.97 Å². The average Bonchev–Trinajstić information content (AvgIpc) is 2.21. The maximum Gasteiger partial charge on any atom is 0.225 e. The summed E-state index contributed by atoms with van der Waals surface area (Å²) in [6.07, 6.45) is 7.07. The summed E-state index contributed by atoms with van der Waals surface area (Å²) in [5, 5.41) is 0. The molecule has 2 heterocycles. The molecule has 14 heavy (non-hydrogen) atoms. The highest BCUT2D eigenvalue weighted by Gasteiger charge is 2.11. The van der Waals surface area contributed by atoms with Crippen LogP contribution in [0.15, 0.2) is 24.0 Å². The number of nitrogens with zero attached hydrogens (tertiary/aromatic N) is 3. The van der Waals surface area contributed by atoms with Crippen molar-refractivity contribution in [2.24, 2.45) is 0 Å². The van der Waals surface area contributed by atoms with E-state index < -0.39 is 0 Å². The summed E-state index contributed by atoms with van der Waals surface area (Å²) < 4.78 is 1.08. The molecule has 1 aliphatic rings. The molecule has 1 aliphatic heterocycles. The van der Waals surface area contributed by atoms with Gasteiger partial charge < -0.3 is 4.90 Å². The van der Waals surface area contributed by atoms with Crippen LogP contribution in [-0.4, -0.2) is 23.1 Å². The second-order valence-corrected chi connectivity index (χ2v) is 4.69. The van der Waals surface area contributed by atoms with E-state index >= 15 is 0 Å². The zero-order valence-corrected chi connectivity index (χ0v) is 10.2. The van der Waals surface area contributed by atoms with Crippen molar-refractivity contribution in [1.82, 2.24) is 9.97 Å². The van der Waals surface area contributed by atoms with Crippen molar-refractivity contribution in [2.75, 3.05) is 18.0 Å². The summed E-state index contributed by atoms with van der Waals surface area (Å²) in [5.41, 5.74) is 1.46. The van der Waals surface area contributed by atoms with Gasteiger partial charge in [-0.1, -0.05) is 11.6 Å². The summed E-state index contributed by atoms with van der Waals surface area (Å²) in [7, 11) is 0. The fourth-order valence-corrected chi connectivity index (χ4v) is 1.70. The van der Waals surface area contributed by atoms with Gasteiger partial charge in [-0.3, -0.25) is 0 Å². The van der Waals surface area contributed by atoms with Gasteiger partial charge in [0.25, 0.3) is 0 Å². The molecular weight excluding hydrogens is 289 g/mol. The first-order valence-corrected chi connectivity index (χ1v) is 5.72. The van der Waals surface area contributed by atoms with E-state index in [-0.39, 0.29) is 0 Å². The molecule has 0 unspecified atom stereocenters. The monoisotopic (exact) mass is 301 g/mol. The second kappa shape index (κ2) is 4.25. The van der Waals surface area contributed by atoms with E-state index in [0.717, 1.165) is 29.0 Å². The van der Waals surface area contributed by atoms with Crippen LogP contribution in [0.2, 0.25) is 0 Å². The highest BCUT2D eigenvalue weighted by Crippen LogP contribution is 2.15. The highest BCUT2D eigenvalue weighted by atomic mass is 127. The molecule has 0 atom stereocenters. The van der Waals surface area contributed by atoms with E-state index in [2.05, 4.69) is 50.5 Å². The zero-order chi connectivity index (χ0) is 9.97. The lowest BCUT2D eigenvalue weighted by Gasteiger charge is -2.25. The molecule has 0 fully saturated rings. The number of halogens is 1. The minimum Gasteiger partial charge on any atom is -0.337 e. The molecule has 1 aromatic heterocycles. The Hall–Kier alpha value is -0.650. The van der Waals surface area contributed by atoms with Crippen LogP contribution in [0.4, 0.5) is 5.95 Å². The van der Waals surface area contributed by atoms with Crippen LogP contribution in [0.3, 0.4) is 0 Å². The quantitative estimate of drug-likeness (QED) is 0.588. The first kappa shape index (κ1) is 9.89. The molecule has 0 radical (unpaired) electrons. The van der Waals surface area contributed by atoms with Crippen molar-refractivity contribution in [3.8, 4) is 0 Å². The van der Waals surface area contributed by atoms with Crippen LogP contribution in [-0.2, 0) is 0 Å². The van der Waals surface area contributed by atoms with Crippen LogP contribution >= 0.6 is 22.6 Å². The summed E-state index contributed by atoms with van der Waals surface area (Å²) in [4.78, 5) is 10.8. The maximum atomic E-state index is 4.31. The Labute approximate surface area is 97.4 Å². The topological polar surface area (TPSA) is 29.0 Å². The zero-order valence-electron chi connectivity index (χ0n) is 8.07. The lowest BCUT2D eigenvalue weighted by molar-refractivity contribution is 0.759. The third-order valence-corrected chi connectivity index (χ3v) is 2.88. The van der Waals surface area contributed by atoms with Gasteiger partial charge in [0.2, 0.25) is 5.95 Å². The van der Waals surface area contributed by atoms with Crippen molar-refractivity contribution in [1.29, 1.82) is 0 Å². The molecule has 0 aliphatic carbocycles. The van der Waals surface area contributed by atoms with E-state index in [1.165, 1.54) is 5.57 Å². The van der Waals surface area contributed by atoms with Gasteiger partial charge in [0.05, 0.1) is 0 Å². The molecule has 3 nitrogen and oxygen atoms in total. The fourth-order valence-electron chi connectivity index (χ4n) is 1.42. The molecule has 2 rings (SSSR count). The highest BCUT2D eigenvalue weighted by molar-refractivity contribution is 14.1. The van der Waals surface area contributed by atoms with E-state index in [1.807, 2.05) is 12.4 Å². The molecule has 0 aromatic carbocycles. The van der Waals surface area contributed by atoms with E-state index in [4.69, 9.17) is 0 Å². The predicted molar refractivity (Wildman–Crippen MR) is 65.3 cm³/mol. The van der Waals surface area contributed by atoms with Gasteiger partial charge in [-0.15, -0.1) is 0 Å². The van der Waals surface area contributed by atoms with E-state index in [0.29, 0.717) is 0 Å². The average molecular weight is 301 g/mol. The van der Waals surface area contributed by atoms with Crippen LogP contribution in [0, 0.1) is 3.57 Å². The minimum atomic E-state index is 0.842. The summed E-state index contributed by atoms with van der Waals surface area (Å²) >= 11 is 2.22. The molecule has 0 saturated heterocycles. The fraction of sp³-hybridized carbons (Fsp3) is 0.400. The first-order valence-electron chi connectivity index (χ1n) is 4.64. The standard InChI is InChI=1S/C10H12IN3/c1-8-2-4-14(5-3-8)10-12-6-9(11)7-13-10/h2,6-7H,3-5H2,1H3. The molecule has 1 aromatic rings. The molecule has 74 valence electrons. The van der Waals surface area contributed by atoms with Crippen molar-refractivity contribution in [2.45, 2.75) is 13.3 Å². The van der Waals surface area contributed by atoms with Crippen molar-refractivity contribution < 1.29 is 0 Å². The van der Waals surface area contributed by atoms with Gasteiger partial charge >= 0.3 is 0 Å². The molecule has 0 amide bonds. The largest absolute Gasteiger partial charge is 0.337 e. The lowest BCUT2D eigenvalue weighted by Crippen LogP contribution is -2.29. The minimum absolute atomic E-state index is 0.842. The molecule has 4 heteroatoms. The van der Waals surface area contributed by atoms with E-state index in [1.54, 1.807) is 0 Å². The van der Waals surface area contributed by atoms with Crippen molar-refractivity contribution >= 4 is 28.5 Å². The Balaban J connectivity index is 2.13. The Bertz CT molecular complexity index is 345. The molecule has 0 saturated carbocycles. The predicted octanol–water partition coefficient (Wildman–Crippen LogP) is 2.24. The normalized spacial score (nSPS) is 16.7. The smallest absolute Gasteiger partial charge is 0.225 e.